The maximum absolute atomic E-state index is 5.23. The largest absolute Gasteiger partial charge is 0.497 e. The molecule has 0 aliphatic heterocycles. The Morgan fingerprint density at radius 2 is 2.07 bits per heavy atom. The predicted molar refractivity (Wildman–Crippen MR) is 65.0 cm³/mol. The van der Waals surface area contributed by atoms with Crippen LogP contribution < -0.4 is 15.0 Å². The van der Waals surface area contributed by atoms with E-state index in [0.717, 1.165) is 18.7 Å². The van der Waals surface area contributed by atoms with E-state index in [1.165, 1.54) is 11.3 Å². The van der Waals surface area contributed by atoms with Gasteiger partial charge in [0.2, 0.25) is 0 Å². The number of nitrogens with one attached hydrogen (secondary N) is 1. The van der Waals surface area contributed by atoms with Gasteiger partial charge in [-0.05, 0) is 43.8 Å². The highest BCUT2D eigenvalue weighted by Crippen LogP contribution is 2.24. The van der Waals surface area contributed by atoms with Gasteiger partial charge < -0.3 is 15.0 Å². The van der Waals surface area contributed by atoms with Gasteiger partial charge in [0.1, 0.15) is 5.75 Å². The third-order valence-electron chi connectivity index (χ3n) is 2.41. The van der Waals surface area contributed by atoms with Crippen LogP contribution in [0.2, 0.25) is 0 Å². The molecular formula is C12H20N2O. The summed E-state index contributed by atoms with van der Waals surface area (Å²) in [6.45, 7) is 0.980. The van der Waals surface area contributed by atoms with Gasteiger partial charge in [0.25, 0.3) is 0 Å². The monoisotopic (exact) mass is 208 g/mol. The Morgan fingerprint density at radius 1 is 1.33 bits per heavy atom. The second-order valence-corrected chi connectivity index (χ2v) is 3.74. The average molecular weight is 208 g/mol. The zero-order chi connectivity index (χ0) is 11.3. The maximum Gasteiger partial charge on any atom is 0.119 e. The first-order valence-electron chi connectivity index (χ1n) is 5.18. The Bertz CT molecular complexity index is 310. The Balaban J connectivity index is 2.94. The van der Waals surface area contributed by atoms with Crippen LogP contribution in [0.15, 0.2) is 18.2 Å². The van der Waals surface area contributed by atoms with Crippen molar-refractivity contribution in [2.24, 2.45) is 0 Å². The molecule has 0 aliphatic carbocycles. The zero-order valence-electron chi connectivity index (χ0n) is 10.0. The molecule has 1 N–H and O–H groups in total. The number of hydrogen-bond donors (Lipinski definition) is 1. The summed E-state index contributed by atoms with van der Waals surface area (Å²) in [6, 6.07) is 6.20. The van der Waals surface area contributed by atoms with Crippen molar-refractivity contribution in [3.05, 3.63) is 23.8 Å². The molecule has 3 nitrogen and oxygen atoms in total. The Kier molecular flexibility index (Phi) is 4.43. The van der Waals surface area contributed by atoms with Crippen molar-refractivity contribution >= 4 is 5.69 Å². The van der Waals surface area contributed by atoms with Crippen molar-refractivity contribution in [1.29, 1.82) is 0 Å². The van der Waals surface area contributed by atoms with Crippen LogP contribution in [0, 0.1) is 0 Å². The van der Waals surface area contributed by atoms with Gasteiger partial charge in [-0.3, -0.25) is 0 Å². The van der Waals surface area contributed by atoms with E-state index >= 15 is 0 Å². The molecule has 0 radical (unpaired) electrons. The van der Waals surface area contributed by atoms with Gasteiger partial charge in [0, 0.05) is 19.8 Å². The normalized spacial score (nSPS) is 10.1. The number of benzene rings is 1. The van der Waals surface area contributed by atoms with Crippen molar-refractivity contribution < 1.29 is 4.74 Å². The summed E-state index contributed by atoms with van der Waals surface area (Å²) in [5.41, 5.74) is 2.57. The van der Waals surface area contributed by atoms with Gasteiger partial charge in [0.05, 0.1) is 7.11 Å². The molecule has 84 valence electrons. The van der Waals surface area contributed by atoms with Crippen molar-refractivity contribution in [1.82, 2.24) is 5.32 Å². The molecule has 0 aromatic heterocycles. The SMILES string of the molecule is CNCCc1cc(OC)ccc1N(C)C. The quantitative estimate of drug-likeness (QED) is 0.794. The average Bonchev–Trinajstić information content (AvgIpc) is 2.25. The molecule has 0 amide bonds. The summed E-state index contributed by atoms with van der Waals surface area (Å²) < 4.78 is 5.23. The van der Waals surface area contributed by atoms with Gasteiger partial charge in [-0.1, -0.05) is 0 Å². The molecule has 0 fully saturated rings. The molecular weight excluding hydrogens is 188 g/mol. The van der Waals surface area contributed by atoms with Gasteiger partial charge in [-0.2, -0.15) is 0 Å². The van der Waals surface area contributed by atoms with Gasteiger partial charge in [0.15, 0.2) is 0 Å². The van der Waals surface area contributed by atoms with Gasteiger partial charge in [-0.25, -0.2) is 0 Å². The number of rotatable bonds is 5. The minimum absolute atomic E-state index is 0.923. The lowest BCUT2D eigenvalue weighted by molar-refractivity contribution is 0.414. The first-order chi connectivity index (χ1) is 7.19. The Labute approximate surface area is 92.0 Å². The lowest BCUT2D eigenvalue weighted by atomic mass is 10.1. The summed E-state index contributed by atoms with van der Waals surface area (Å²) in [5.74, 6) is 0.923. The summed E-state index contributed by atoms with van der Waals surface area (Å²) >= 11 is 0. The van der Waals surface area contributed by atoms with E-state index in [1.807, 2.05) is 13.1 Å². The number of hydrogen-bond acceptors (Lipinski definition) is 3. The van der Waals surface area contributed by atoms with E-state index in [0.29, 0.717) is 0 Å². The fraction of sp³-hybridized carbons (Fsp3) is 0.500. The van der Waals surface area contributed by atoms with Crippen LogP contribution in [-0.2, 0) is 6.42 Å². The minimum Gasteiger partial charge on any atom is -0.497 e. The molecule has 0 saturated carbocycles. The smallest absolute Gasteiger partial charge is 0.119 e. The molecule has 0 unspecified atom stereocenters. The highest BCUT2D eigenvalue weighted by atomic mass is 16.5. The lowest BCUT2D eigenvalue weighted by Crippen LogP contribution is -2.15. The molecule has 0 bridgehead atoms. The van der Waals surface area contributed by atoms with Crippen LogP contribution in [0.25, 0.3) is 0 Å². The van der Waals surface area contributed by atoms with Crippen molar-refractivity contribution in [2.45, 2.75) is 6.42 Å². The predicted octanol–water partition coefficient (Wildman–Crippen LogP) is 1.52. The molecule has 0 aliphatic rings. The van der Waals surface area contributed by atoms with Gasteiger partial charge in [-0.15, -0.1) is 0 Å². The first kappa shape index (κ1) is 11.9. The second-order valence-electron chi connectivity index (χ2n) is 3.74. The lowest BCUT2D eigenvalue weighted by Gasteiger charge is -2.18. The van der Waals surface area contributed by atoms with E-state index in [-0.39, 0.29) is 0 Å². The van der Waals surface area contributed by atoms with Crippen LogP contribution >= 0.6 is 0 Å². The third-order valence-corrected chi connectivity index (χ3v) is 2.41. The van der Waals surface area contributed by atoms with E-state index in [2.05, 4.69) is 36.4 Å². The highest BCUT2D eigenvalue weighted by Gasteiger charge is 2.05. The van der Waals surface area contributed by atoms with Crippen LogP contribution in [0.4, 0.5) is 5.69 Å². The molecule has 0 spiro atoms. The number of likely N-dealkylation sites (N-methyl/N-ethyl adjacent to an activating group) is 1. The summed E-state index contributed by atoms with van der Waals surface area (Å²) in [5, 5.41) is 3.16. The fourth-order valence-corrected chi connectivity index (χ4v) is 1.59. The van der Waals surface area contributed by atoms with E-state index in [1.54, 1.807) is 7.11 Å². The van der Waals surface area contributed by atoms with Crippen molar-refractivity contribution in [2.75, 3.05) is 39.7 Å². The molecule has 0 heterocycles. The highest BCUT2D eigenvalue weighted by molar-refractivity contribution is 5.55. The molecule has 3 heteroatoms. The Hall–Kier alpha value is -1.22. The van der Waals surface area contributed by atoms with E-state index < -0.39 is 0 Å². The summed E-state index contributed by atoms with van der Waals surface area (Å²) in [6.07, 6.45) is 1.02. The van der Waals surface area contributed by atoms with E-state index in [9.17, 15) is 0 Å². The zero-order valence-corrected chi connectivity index (χ0v) is 10.0. The fourth-order valence-electron chi connectivity index (χ4n) is 1.59. The van der Waals surface area contributed by atoms with Crippen LogP contribution in [0.3, 0.4) is 0 Å². The molecule has 15 heavy (non-hydrogen) atoms. The topological polar surface area (TPSA) is 24.5 Å². The molecule has 0 atom stereocenters. The molecule has 0 saturated heterocycles. The maximum atomic E-state index is 5.23. The molecule has 1 aromatic rings. The van der Waals surface area contributed by atoms with Crippen LogP contribution in [-0.4, -0.2) is 34.8 Å². The summed E-state index contributed by atoms with van der Waals surface area (Å²) in [4.78, 5) is 2.13. The Morgan fingerprint density at radius 3 is 2.60 bits per heavy atom. The van der Waals surface area contributed by atoms with Gasteiger partial charge >= 0.3 is 0 Å². The number of methoxy groups -OCH3 is 1. The van der Waals surface area contributed by atoms with Crippen molar-refractivity contribution in [3.8, 4) is 5.75 Å². The summed E-state index contributed by atoms with van der Waals surface area (Å²) in [7, 11) is 7.79. The molecule has 1 rings (SSSR count). The van der Waals surface area contributed by atoms with Crippen LogP contribution in [0.1, 0.15) is 5.56 Å². The second kappa shape index (κ2) is 5.61. The third kappa shape index (κ3) is 3.13. The van der Waals surface area contributed by atoms with Crippen molar-refractivity contribution in [3.63, 3.8) is 0 Å². The minimum atomic E-state index is 0.923. The number of anilines is 1. The van der Waals surface area contributed by atoms with E-state index in [4.69, 9.17) is 4.74 Å². The molecule has 1 aromatic carbocycles. The number of nitrogens with zero attached hydrogens (tertiary/aromatic N) is 1. The standard InChI is InChI=1S/C12H20N2O/c1-13-8-7-10-9-11(15-4)5-6-12(10)14(2)3/h5-6,9,13H,7-8H2,1-4H3. The first-order valence-corrected chi connectivity index (χ1v) is 5.18. The number of ether oxygens (including phenoxy) is 1. The van der Waals surface area contributed by atoms with Crippen LogP contribution in [0.5, 0.6) is 5.75 Å².